The topological polar surface area (TPSA) is 97.1 Å². The molecule has 4 rings (SSSR count). The molecule has 0 bridgehead atoms. The Morgan fingerprint density at radius 1 is 1.42 bits per heavy atom. The van der Waals surface area contributed by atoms with Gasteiger partial charge in [-0.25, -0.2) is 0 Å². The van der Waals surface area contributed by atoms with E-state index < -0.39 is 0 Å². The third kappa shape index (κ3) is 2.65. The van der Waals surface area contributed by atoms with Gasteiger partial charge >= 0.3 is 0 Å². The molecule has 8 heteroatoms. The number of hydrogen-bond acceptors (Lipinski definition) is 6. The smallest absolute Gasteiger partial charge is 0.229 e. The Bertz CT molecular complexity index is 871. The van der Waals surface area contributed by atoms with E-state index in [9.17, 15) is 4.79 Å². The van der Waals surface area contributed by atoms with E-state index in [0.29, 0.717) is 31.5 Å². The number of benzene rings is 1. The van der Waals surface area contributed by atoms with Crippen molar-refractivity contribution in [3.8, 4) is 0 Å². The number of morpholine rings is 1. The number of carbonyl (C=O) groups is 1. The number of hydrogen-bond donors (Lipinski definition) is 1. The van der Waals surface area contributed by atoms with Crippen molar-refractivity contribution in [1.82, 2.24) is 25.2 Å². The molecule has 1 amide bonds. The van der Waals surface area contributed by atoms with Crippen molar-refractivity contribution in [2.75, 3.05) is 19.8 Å². The summed E-state index contributed by atoms with van der Waals surface area (Å²) in [5.74, 6) is 0.942. The lowest BCUT2D eigenvalue weighted by Gasteiger charge is -2.33. The molecule has 0 saturated carbocycles. The molecule has 0 spiro atoms. The Morgan fingerprint density at radius 2 is 2.29 bits per heavy atom. The van der Waals surface area contributed by atoms with Gasteiger partial charge < -0.3 is 14.2 Å². The second kappa shape index (κ2) is 6.04. The lowest BCUT2D eigenvalue weighted by molar-refractivity contribution is -0.139. The van der Waals surface area contributed by atoms with Gasteiger partial charge in [0.05, 0.1) is 30.8 Å². The maximum Gasteiger partial charge on any atom is 0.229 e. The van der Waals surface area contributed by atoms with Gasteiger partial charge in [-0.05, 0) is 6.07 Å². The molecule has 1 aliphatic heterocycles. The SMILES string of the molecule is Cc1nc(C2COCCN2C(=O)Cc2[nH]nc3ccccc23)no1. The van der Waals surface area contributed by atoms with E-state index in [2.05, 4.69) is 20.3 Å². The normalized spacial score (nSPS) is 18.2. The third-order valence-corrected chi connectivity index (χ3v) is 4.16. The van der Waals surface area contributed by atoms with Gasteiger partial charge in [-0.15, -0.1) is 0 Å². The van der Waals surface area contributed by atoms with E-state index in [-0.39, 0.29) is 18.4 Å². The maximum atomic E-state index is 12.8. The monoisotopic (exact) mass is 327 g/mol. The Morgan fingerprint density at radius 3 is 3.12 bits per heavy atom. The van der Waals surface area contributed by atoms with E-state index in [1.807, 2.05) is 24.3 Å². The molecule has 1 saturated heterocycles. The number of ether oxygens (including phenoxy) is 1. The van der Waals surface area contributed by atoms with Crippen molar-refractivity contribution < 1.29 is 14.1 Å². The van der Waals surface area contributed by atoms with Crippen molar-refractivity contribution in [3.63, 3.8) is 0 Å². The molecule has 124 valence electrons. The number of amides is 1. The summed E-state index contributed by atoms with van der Waals surface area (Å²) in [6, 6.07) is 7.41. The average Bonchev–Trinajstić information content (AvgIpc) is 3.22. The van der Waals surface area contributed by atoms with E-state index >= 15 is 0 Å². The second-order valence-corrected chi connectivity index (χ2v) is 5.75. The molecule has 24 heavy (non-hydrogen) atoms. The number of aryl methyl sites for hydroxylation is 1. The molecule has 1 atom stereocenters. The Balaban J connectivity index is 1.57. The molecule has 1 fully saturated rings. The van der Waals surface area contributed by atoms with Crippen molar-refractivity contribution in [1.29, 1.82) is 0 Å². The largest absolute Gasteiger partial charge is 0.377 e. The molecule has 1 aliphatic rings. The minimum Gasteiger partial charge on any atom is -0.377 e. The fourth-order valence-electron chi connectivity index (χ4n) is 2.97. The maximum absolute atomic E-state index is 12.8. The Kier molecular flexibility index (Phi) is 3.73. The highest BCUT2D eigenvalue weighted by atomic mass is 16.5. The number of nitrogens with one attached hydrogen (secondary N) is 1. The lowest BCUT2D eigenvalue weighted by Crippen LogP contribution is -2.44. The van der Waals surface area contributed by atoms with Gasteiger partial charge in [0, 0.05) is 18.9 Å². The zero-order valence-corrected chi connectivity index (χ0v) is 13.2. The summed E-state index contributed by atoms with van der Waals surface area (Å²) in [6.07, 6.45) is 0.244. The molecule has 0 radical (unpaired) electrons. The van der Waals surface area contributed by atoms with Crippen LogP contribution in [0.25, 0.3) is 10.9 Å². The quantitative estimate of drug-likeness (QED) is 0.781. The van der Waals surface area contributed by atoms with Gasteiger partial charge in [0.1, 0.15) is 6.04 Å². The highest BCUT2D eigenvalue weighted by Gasteiger charge is 2.32. The molecule has 2 aromatic heterocycles. The highest BCUT2D eigenvalue weighted by molar-refractivity contribution is 5.87. The summed E-state index contributed by atoms with van der Waals surface area (Å²) in [5.41, 5.74) is 1.66. The summed E-state index contributed by atoms with van der Waals surface area (Å²) in [5, 5.41) is 12.1. The molecular formula is C16H17N5O3. The molecule has 8 nitrogen and oxygen atoms in total. The first kappa shape index (κ1) is 14.8. The molecule has 3 aromatic rings. The predicted molar refractivity (Wildman–Crippen MR) is 84.1 cm³/mol. The van der Waals surface area contributed by atoms with Gasteiger partial charge in [-0.3, -0.25) is 9.89 Å². The third-order valence-electron chi connectivity index (χ3n) is 4.16. The van der Waals surface area contributed by atoms with Crippen LogP contribution >= 0.6 is 0 Å². The van der Waals surface area contributed by atoms with Crippen molar-refractivity contribution in [2.45, 2.75) is 19.4 Å². The summed E-state index contributed by atoms with van der Waals surface area (Å²) < 4.78 is 10.5. The van der Waals surface area contributed by atoms with Gasteiger partial charge in [-0.2, -0.15) is 10.1 Å². The number of carbonyl (C=O) groups excluding carboxylic acids is 1. The van der Waals surface area contributed by atoms with E-state index in [0.717, 1.165) is 16.6 Å². The number of fused-ring (bicyclic) bond motifs is 1. The van der Waals surface area contributed by atoms with Crippen molar-refractivity contribution >= 4 is 16.8 Å². The Hall–Kier alpha value is -2.74. The van der Waals surface area contributed by atoms with Crippen LogP contribution in [0.4, 0.5) is 0 Å². The van der Waals surface area contributed by atoms with Crippen molar-refractivity contribution in [2.24, 2.45) is 0 Å². The van der Waals surface area contributed by atoms with Crippen LogP contribution < -0.4 is 0 Å². The number of aromatic nitrogens is 4. The fraction of sp³-hybridized carbons (Fsp3) is 0.375. The molecule has 1 unspecified atom stereocenters. The number of para-hydroxylation sites is 1. The van der Waals surface area contributed by atoms with Gasteiger partial charge in [0.2, 0.25) is 11.8 Å². The Labute approximate surface area is 137 Å². The standard InChI is InChI=1S/C16H17N5O3/c1-10-17-16(20-24-10)14-9-23-7-6-21(14)15(22)8-13-11-4-2-3-5-12(11)18-19-13/h2-5,14H,6-9H2,1H3,(H,18,19). The molecule has 1 N–H and O–H groups in total. The van der Waals surface area contributed by atoms with Crippen molar-refractivity contribution in [3.05, 3.63) is 41.7 Å². The summed E-state index contributed by atoms with van der Waals surface area (Å²) in [6.45, 7) is 3.10. The minimum absolute atomic E-state index is 0.0137. The summed E-state index contributed by atoms with van der Waals surface area (Å²) in [7, 11) is 0. The van der Waals surface area contributed by atoms with E-state index in [1.165, 1.54) is 0 Å². The summed E-state index contributed by atoms with van der Waals surface area (Å²) >= 11 is 0. The molecule has 0 aliphatic carbocycles. The van der Waals surface area contributed by atoms with Crippen LogP contribution in [0.15, 0.2) is 28.8 Å². The first-order valence-corrected chi connectivity index (χ1v) is 7.82. The van der Waals surface area contributed by atoms with Gasteiger partial charge in [0.15, 0.2) is 5.82 Å². The zero-order chi connectivity index (χ0) is 16.5. The van der Waals surface area contributed by atoms with Crippen LogP contribution in [-0.4, -0.2) is 50.9 Å². The number of rotatable bonds is 3. The average molecular weight is 327 g/mol. The number of aromatic amines is 1. The lowest BCUT2D eigenvalue weighted by atomic mass is 10.1. The van der Waals surface area contributed by atoms with Gasteiger partial charge in [-0.1, -0.05) is 23.4 Å². The van der Waals surface area contributed by atoms with Crippen LogP contribution in [0.3, 0.4) is 0 Å². The number of nitrogens with zero attached hydrogens (tertiary/aromatic N) is 4. The van der Waals surface area contributed by atoms with Crippen LogP contribution in [0.1, 0.15) is 23.5 Å². The predicted octanol–water partition coefficient (Wildman–Crippen LogP) is 1.40. The second-order valence-electron chi connectivity index (χ2n) is 5.75. The molecular weight excluding hydrogens is 310 g/mol. The van der Waals surface area contributed by atoms with Crippen LogP contribution in [0.5, 0.6) is 0 Å². The van der Waals surface area contributed by atoms with E-state index in [4.69, 9.17) is 9.26 Å². The van der Waals surface area contributed by atoms with Crippen LogP contribution in [0.2, 0.25) is 0 Å². The first-order valence-electron chi connectivity index (χ1n) is 7.82. The molecule has 1 aromatic carbocycles. The fourth-order valence-corrected chi connectivity index (χ4v) is 2.97. The first-order chi connectivity index (χ1) is 11.7. The highest BCUT2D eigenvalue weighted by Crippen LogP contribution is 2.24. The molecule has 3 heterocycles. The van der Waals surface area contributed by atoms with E-state index in [1.54, 1.807) is 11.8 Å². The summed E-state index contributed by atoms with van der Waals surface area (Å²) in [4.78, 5) is 18.8. The van der Waals surface area contributed by atoms with Gasteiger partial charge in [0.25, 0.3) is 0 Å². The van der Waals surface area contributed by atoms with Crippen LogP contribution in [0, 0.1) is 6.92 Å². The number of H-pyrrole nitrogens is 1. The zero-order valence-electron chi connectivity index (χ0n) is 13.2. The minimum atomic E-state index is -0.321. The van der Waals surface area contributed by atoms with Crippen LogP contribution in [-0.2, 0) is 16.0 Å².